The van der Waals surface area contributed by atoms with E-state index < -0.39 is 35.7 Å². The Morgan fingerprint density at radius 2 is 1.65 bits per heavy atom. The molecule has 0 amide bonds. The zero-order chi connectivity index (χ0) is 15.7. The Bertz CT molecular complexity index is 497. The van der Waals surface area contributed by atoms with Gasteiger partial charge in [-0.1, -0.05) is 11.6 Å². The maximum atomic E-state index is 12.3. The van der Waals surface area contributed by atoms with Crippen molar-refractivity contribution in [1.82, 2.24) is 0 Å². The van der Waals surface area contributed by atoms with Crippen LogP contribution in [0.1, 0.15) is 10.4 Å². The molecule has 1 N–H and O–H groups in total. The van der Waals surface area contributed by atoms with Gasteiger partial charge in [-0.25, -0.2) is 4.79 Å². The largest absolute Gasteiger partial charge is 0.478 e. The number of carboxylic acid groups (broad SMARTS) is 1. The van der Waals surface area contributed by atoms with Gasteiger partial charge in [0.2, 0.25) is 0 Å². The third-order valence-electron chi connectivity index (χ3n) is 2.01. The van der Waals surface area contributed by atoms with Crippen LogP contribution in [0.4, 0.5) is 26.3 Å². The van der Waals surface area contributed by atoms with E-state index in [0.29, 0.717) is 12.1 Å². The molecule has 0 spiro atoms. The fourth-order valence-corrected chi connectivity index (χ4v) is 1.39. The van der Waals surface area contributed by atoms with Crippen LogP contribution in [-0.4, -0.2) is 29.5 Å². The SMILES string of the molecule is O=C(O)c1cc(Cl)ccc1OC(C(F)(F)F)C(F)(F)F. The first kappa shape index (κ1) is 16.4. The second kappa shape index (κ2) is 5.39. The van der Waals surface area contributed by atoms with E-state index in [1.165, 1.54) is 0 Å². The average molecular weight is 323 g/mol. The second-order valence-electron chi connectivity index (χ2n) is 3.53. The summed E-state index contributed by atoms with van der Waals surface area (Å²) < 4.78 is 77.6. The Labute approximate surface area is 112 Å². The average Bonchev–Trinajstić information content (AvgIpc) is 2.23. The zero-order valence-electron chi connectivity index (χ0n) is 9.22. The molecule has 0 heterocycles. The molecule has 0 fully saturated rings. The van der Waals surface area contributed by atoms with Crippen LogP contribution in [0.2, 0.25) is 5.02 Å². The highest BCUT2D eigenvalue weighted by atomic mass is 35.5. The number of hydrogen-bond acceptors (Lipinski definition) is 2. The molecule has 0 radical (unpaired) electrons. The first-order valence-corrected chi connectivity index (χ1v) is 5.13. The molecule has 1 rings (SSSR count). The van der Waals surface area contributed by atoms with Gasteiger partial charge in [0.25, 0.3) is 6.10 Å². The molecule has 1 aromatic rings. The smallest absolute Gasteiger partial charge is 0.434 e. The number of aromatic carboxylic acids is 1. The molecular formula is C10H5ClF6O3. The van der Waals surface area contributed by atoms with Crippen LogP contribution in [0.15, 0.2) is 18.2 Å². The number of ether oxygens (including phenoxy) is 1. The third-order valence-corrected chi connectivity index (χ3v) is 2.25. The Hall–Kier alpha value is -1.64. The van der Waals surface area contributed by atoms with Crippen molar-refractivity contribution in [3.63, 3.8) is 0 Å². The number of hydrogen-bond donors (Lipinski definition) is 1. The topological polar surface area (TPSA) is 46.5 Å². The van der Waals surface area contributed by atoms with Gasteiger partial charge in [-0.2, -0.15) is 26.3 Å². The van der Waals surface area contributed by atoms with Crippen LogP contribution in [0.3, 0.4) is 0 Å². The molecule has 0 unspecified atom stereocenters. The molecule has 0 aromatic heterocycles. The molecule has 112 valence electrons. The van der Waals surface area contributed by atoms with E-state index in [4.69, 9.17) is 16.7 Å². The van der Waals surface area contributed by atoms with Gasteiger partial charge >= 0.3 is 18.3 Å². The summed E-state index contributed by atoms with van der Waals surface area (Å²) in [6, 6.07) is 2.21. The maximum absolute atomic E-state index is 12.3. The minimum atomic E-state index is -5.74. The Morgan fingerprint density at radius 1 is 1.15 bits per heavy atom. The molecule has 3 nitrogen and oxygen atoms in total. The molecule has 1 aromatic carbocycles. The van der Waals surface area contributed by atoms with E-state index in [2.05, 4.69) is 4.74 Å². The number of benzene rings is 1. The lowest BCUT2D eigenvalue weighted by atomic mass is 10.2. The molecular weight excluding hydrogens is 318 g/mol. The summed E-state index contributed by atoms with van der Waals surface area (Å²) in [6.45, 7) is 0. The number of carboxylic acids is 1. The van der Waals surface area contributed by atoms with Gasteiger partial charge in [0.1, 0.15) is 11.3 Å². The highest BCUT2D eigenvalue weighted by Gasteiger charge is 2.59. The first-order chi connectivity index (χ1) is 8.93. The number of halogens is 7. The number of rotatable bonds is 3. The van der Waals surface area contributed by atoms with Gasteiger partial charge in [0.15, 0.2) is 0 Å². The van der Waals surface area contributed by atoms with Crippen LogP contribution in [-0.2, 0) is 0 Å². The standard InChI is InChI=1S/C10H5ClF6O3/c11-4-1-2-6(5(3-4)7(18)19)20-8(9(12,13)14)10(15,16)17/h1-3,8H,(H,18,19). The molecule has 0 aliphatic rings. The van der Waals surface area contributed by atoms with Gasteiger partial charge in [-0.3, -0.25) is 0 Å². The number of carbonyl (C=O) groups is 1. The predicted molar refractivity (Wildman–Crippen MR) is 54.9 cm³/mol. The predicted octanol–water partition coefficient (Wildman–Crippen LogP) is 3.91. The molecule has 0 aliphatic heterocycles. The van der Waals surface area contributed by atoms with Gasteiger partial charge in [0.05, 0.1) is 0 Å². The Kier molecular flexibility index (Phi) is 4.42. The summed E-state index contributed by atoms with van der Waals surface area (Å²) in [5.41, 5.74) is -0.906. The summed E-state index contributed by atoms with van der Waals surface area (Å²) in [5.74, 6) is -2.85. The Balaban J connectivity index is 3.22. The zero-order valence-corrected chi connectivity index (χ0v) is 9.97. The van der Waals surface area contributed by atoms with Gasteiger partial charge in [-0.05, 0) is 18.2 Å². The Morgan fingerprint density at radius 3 is 2.05 bits per heavy atom. The summed E-state index contributed by atoms with van der Waals surface area (Å²) in [7, 11) is 0. The summed E-state index contributed by atoms with van der Waals surface area (Å²) in [4.78, 5) is 10.8. The minimum absolute atomic E-state index is 0.176. The van der Waals surface area contributed by atoms with Crippen molar-refractivity contribution in [3.05, 3.63) is 28.8 Å². The maximum Gasteiger partial charge on any atom is 0.434 e. The minimum Gasteiger partial charge on any atom is -0.478 e. The van der Waals surface area contributed by atoms with Gasteiger partial charge in [0, 0.05) is 5.02 Å². The van der Waals surface area contributed by atoms with Crippen molar-refractivity contribution in [3.8, 4) is 5.75 Å². The van der Waals surface area contributed by atoms with E-state index in [1.807, 2.05) is 0 Å². The summed E-state index contributed by atoms with van der Waals surface area (Å²) in [5, 5.41) is 8.53. The van der Waals surface area contributed by atoms with Crippen molar-refractivity contribution in [2.75, 3.05) is 0 Å². The lowest BCUT2D eigenvalue weighted by molar-refractivity contribution is -0.299. The lowest BCUT2D eigenvalue weighted by Crippen LogP contribution is -2.46. The highest BCUT2D eigenvalue weighted by Crippen LogP contribution is 2.37. The highest BCUT2D eigenvalue weighted by molar-refractivity contribution is 6.31. The fraction of sp³-hybridized carbons (Fsp3) is 0.300. The first-order valence-electron chi connectivity index (χ1n) is 4.76. The van der Waals surface area contributed by atoms with Crippen molar-refractivity contribution in [1.29, 1.82) is 0 Å². The van der Waals surface area contributed by atoms with Crippen LogP contribution in [0, 0.1) is 0 Å². The van der Waals surface area contributed by atoms with E-state index in [-0.39, 0.29) is 5.02 Å². The molecule has 0 saturated heterocycles. The van der Waals surface area contributed by atoms with Gasteiger partial charge in [-0.15, -0.1) is 0 Å². The van der Waals surface area contributed by atoms with Crippen molar-refractivity contribution >= 4 is 17.6 Å². The second-order valence-corrected chi connectivity index (χ2v) is 3.96. The number of alkyl halides is 6. The van der Waals surface area contributed by atoms with E-state index in [9.17, 15) is 31.1 Å². The molecule has 0 bridgehead atoms. The van der Waals surface area contributed by atoms with E-state index >= 15 is 0 Å². The van der Waals surface area contributed by atoms with Gasteiger partial charge < -0.3 is 9.84 Å². The van der Waals surface area contributed by atoms with Crippen LogP contribution >= 0.6 is 11.6 Å². The van der Waals surface area contributed by atoms with E-state index in [0.717, 1.165) is 6.07 Å². The fourth-order valence-electron chi connectivity index (χ4n) is 1.22. The summed E-state index contributed by atoms with van der Waals surface area (Å²) >= 11 is 5.41. The normalized spacial score (nSPS) is 12.6. The van der Waals surface area contributed by atoms with Crippen LogP contribution in [0.5, 0.6) is 5.75 Å². The van der Waals surface area contributed by atoms with Crippen molar-refractivity contribution < 1.29 is 41.0 Å². The third kappa shape index (κ3) is 3.92. The molecule has 0 saturated carbocycles. The van der Waals surface area contributed by atoms with Crippen LogP contribution < -0.4 is 4.74 Å². The lowest BCUT2D eigenvalue weighted by Gasteiger charge is -2.24. The molecule has 0 atom stereocenters. The van der Waals surface area contributed by atoms with E-state index in [1.54, 1.807) is 0 Å². The molecule has 20 heavy (non-hydrogen) atoms. The van der Waals surface area contributed by atoms with Crippen molar-refractivity contribution in [2.45, 2.75) is 18.5 Å². The van der Waals surface area contributed by atoms with Crippen molar-refractivity contribution in [2.24, 2.45) is 0 Å². The molecule has 10 heteroatoms. The molecule has 0 aliphatic carbocycles. The quantitative estimate of drug-likeness (QED) is 0.858. The monoisotopic (exact) mass is 322 g/mol. The van der Waals surface area contributed by atoms with Crippen LogP contribution in [0.25, 0.3) is 0 Å². The summed E-state index contributed by atoms with van der Waals surface area (Å²) in [6.07, 6.45) is -15.6.